The largest absolute Gasteiger partial charge is 0.440 e. The monoisotopic (exact) mass is 172 g/mol. The molecule has 0 unspecified atom stereocenters. The van der Waals surface area contributed by atoms with E-state index >= 15 is 0 Å². The van der Waals surface area contributed by atoms with Crippen molar-refractivity contribution in [1.82, 2.24) is 15.5 Å². The first-order valence-corrected chi connectivity index (χ1v) is 3.66. The van der Waals surface area contributed by atoms with Crippen LogP contribution in [0, 0.1) is 0 Å². The van der Waals surface area contributed by atoms with Crippen molar-refractivity contribution in [3.05, 3.63) is 10.6 Å². The minimum Gasteiger partial charge on any atom is -0.342 e. The van der Waals surface area contributed by atoms with Crippen LogP contribution in [0.1, 0.15) is 0 Å². The number of nitrogens with one attached hydrogen (secondary N) is 2. The van der Waals surface area contributed by atoms with Gasteiger partial charge in [0.15, 0.2) is 0 Å². The van der Waals surface area contributed by atoms with E-state index in [9.17, 15) is 4.79 Å². The quantitative estimate of drug-likeness (QED) is 0.610. The zero-order valence-electron chi connectivity index (χ0n) is 7.13. The maximum absolute atomic E-state index is 10.5. The first-order chi connectivity index (χ1) is 5.74. The van der Waals surface area contributed by atoms with Crippen LogP contribution in [0.25, 0.3) is 0 Å². The number of likely N-dealkylation sites (N-methyl/N-ethyl adjacent to an activating group) is 2. The van der Waals surface area contributed by atoms with Gasteiger partial charge in [0.05, 0.1) is 0 Å². The number of rotatable bonds is 4. The predicted molar refractivity (Wildman–Crippen MR) is 44.3 cm³/mol. The van der Waals surface area contributed by atoms with Gasteiger partial charge < -0.3 is 10.2 Å². The van der Waals surface area contributed by atoms with Crippen LogP contribution < -0.4 is 16.0 Å². The average Bonchev–Trinajstić information content (AvgIpc) is 2.47. The molecular weight excluding hydrogens is 160 g/mol. The van der Waals surface area contributed by atoms with E-state index < -0.39 is 5.76 Å². The van der Waals surface area contributed by atoms with Crippen molar-refractivity contribution in [1.29, 1.82) is 0 Å². The maximum atomic E-state index is 10.5. The first kappa shape index (κ1) is 8.79. The molecule has 0 saturated heterocycles. The fraction of sp³-hybridized carbons (Fsp3) is 0.667. The number of aromatic amines is 1. The van der Waals surface area contributed by atoms with Gasteiger partial charge in [-0.25, -0.2) is 4.79 Å². The lowest BCUT2D eigenvalue weighted by Crippen LogP contribution is -2.28. The lowest BCUT2D eigenvalue weighted by atomic mass is 10.6. The molecule has 1 rings (SSSR count). The molecule has 0 atom stereocenters. The lowest BCUT2D eigenvalue weighted by molar-refractivity contribution is 0.386. The highest BCUT2D eigenvalue weighted by Crippen LogP contribution is 1.97. The average molecular weight is 172 g/mol. The van der Waals surface area contributed by atoms with Gasteiger partial charge in [0, 0.05) is 20.1 Å². The molecule has 0 saturated carbocycles. The van der Waals surface area contributed by atoms with Crippen LogP contribution in [-0.4, -0.2) is 37.3 Å². The van der Waals surface area contributed by atoms with Gasteiger partial charge in [-0.15, -0.1) is 0 Å². The predicted octanol–water partition coefficient (Wildman–Crippen LogP) is -0.982. The molecule has 1 heterocycles. The van der Waals surface area contributed by atoms with Crippen molar-refractivity contribution in [2.24, 2.45) is 0 Å². The van der Waals surface area contributed by atoms with Crippen molar-refractivity contribution in [2.75, 3.05) is 32.1 Å². The van der Waals surface area contributed by atoms with E-state index in [1.54, 1.807) is 4.90 Å². The number of nitrogens with zero attached hydrogens (tertiary/aromatic N) is 2. The van der Waals surface area contributed by atoms with Gasteiger partial charge in [0.2, 0.25) is 5.95 Å². The van der Waals surface area contributed by atoms with E-state index in [0.717, 1.165) is 13.1 Å². The second kappa shape index (κ2) is 3.91. The standard InChI is InChI=1S/C6H12N4O2/c1-7-3-4-10(2)5-8-6(11)12-9-5/h7H,3-4H2,1-2H3,(H,8,9,11). The summed E-state index contributed by atoms with van der Waals surface area (Å²) < 4.78 is 4.34. The third kappa shape index (κ3) is 2.09. The fourth-order valence-corrected chi connectivity index (χ4v) is 0.772. The smallest absolute Gasteiger partial charge is 0.342 e. The Kier molecular flexibility index (Phi) is 2.87. The highest BCUT2D eigenvalue weighted by Gasteiger charge is 2.04. The zero-order valence-corrected chi connectivity index (χ0v) is 7.13. The van der Waals surface area contributed by atoms with Gasteiger partial charge in [0.25, 0.3) is 0 Å². The van der Waals surface area contributed by atoms with Crippen LogP contribution >= 0.6 is 0 Å². The zero-order chi connectivity index (χ0) is 8.97. The van der Waals surface area contributed by atoms with E-state index in [2.05, 4.69) is 20.0 Å². The molecule has 0 radical (unpaired) electrons. The number of hydrogen-bond donors (Lipinski definition) is 2. The van der Waals surface area contributed by atoms with E-state index in [4.69, 9.17) is 0 Å². The van der Waals surface area contributed by atoms with Crippen molar-refractivity contribution >= 4 is 5.95 Å². The number of hydrogen-bond acceptors (Lipinski definition) is 5. The third-order valence-corrected chi connectivity index (χ3v) is 1.49. The van der Waals surface area contributed by atoms with Crippen molar-refractivity contribution in [2.45, 2.75) is 0 Å². The molecule has 0 aliphatic heterocycles. The molecule has 6 nitrogen and oxygen atoms in total. The molecule has 12 heavy (non-hydrogen) atoms. The second-order valence-electron chi connectivity index (χ2n) is 2.44. The Hall–Kier alpha value is -1.30. The van der Waals surface area contributed by atoms with E-state index in [1.807, 2.05) is 14.1 Å². The van der Waals surface area contributed by atoms with Crippen LogP contribution in [0.4, 0.5) is 5.95 Å². The molecule has 6 heteroatoms. The fourth-order valence-electron chi connectivity index (χ4n) is 0.772. The van der Waals surface area contributed by atoms with E-state index in [-0.39, 0.29) is 0 Å². The molecule has 68 valence electrons. The summed E-state index contributed by atoms with van der Waals surface area (Å²) in [4.78, 5) is 14.8. The molecule has 0 aliphatic carbocycles. The summed E-state index contributed by atoms with van der Waals surface area (Å²) in [5.74, 6) is -0.0726. The highest BCUT2D eigenvalue weighted by atomic mass is 16.5. The lowest BCUT2D eigenvalue weighted by Gasteiger charge is -2.13. The minimum atomic E-state index is -0.527. The topological polar surface area (TPSA) is 74.2 Å². The number of aromatic nitrogens is 2. The Morgan fingerprint density at radius 3 is 3.00 bits per heavy atom. The summed E-state index contributed by atoms with van der Waals surface area (Å²) >= 11 is 0. The Bertz CT molecular complexity index is 279. The van der Waals surface area contributed by atoms with Crippen LogP contribution in [0.15, 0.2) is 9.32 Å². The number of anilines is 1. The van der Waals surface area contributed by atoms with E-state index in [1.165, 1.54) is 0 Å². The van der Waals surface area contributed by atoms with Gasteiger partial charge in [-0.1, -0.05) is 0 Å². The second-order valence-corrected chi connectivity index (χ2v) is 2.44. The highest BCUT2D eigenvalue weighted by molar-refractivity contribution is 5.23. The maximum Gasteiger partial charge on any atom is 0.440 e. The Labute approximate surface area is 69.5 Å². The molecule has 2 N–H and O–H groups in total. The molecule has 0 spiro atoms. The molecule has 1 aromatic rings. The molecule has 0 aliphatic rings. The molecule has 0 aromatic carbocycles. The van der Waals surface area contributed by atoms with E-state index in [0.29, 0.717) is 5.95 Å². The summed E-state index contributed by atoms with van der Waals surface area (Å²) in [6.07, 6.45) is 0. The van der Waals surface area contributed by atoms with Crippen molar-refractivity contribution < 1.29 is 4.52 Å². The Balaban J connectivity index is 2.53. The van der Waals surface area contributed by atoms with Crippen LogP contribution in [0.3, 0.4) is 0 Å². The van der Waals surface area contributed by atoms with Crippen LogP contribution in [0.5, 0.6) is 0 Å². The first-order valence-electron chi connectivity index (χ1n) is 3.66. The van der Waals surface area contributed by atoms with Crippen molar-refractivity contribution in [3.8, 4) is 0 Å². The normalized spacial score (nSPS) is 10.2. The summed E-state index contributed by atoms with van der Waals surface area (Å²) in [6, 6.07) is 0. The Morgan fingerprint density at radius 1 is 1.75 bits per heavy atom. The molecule has 1 aromatic heterocycles. The third-order valence-electron chi connectivity index (χ3n) is 1.49. The van der Waals surface area contributed by atoms with Gasteiger partial charge in [-0.2, -0.15) is 0 Å². The van der Waals surface area contributed by atoms with Gasteiger partial charge in [-0.05, 0) is 12.2 Å². The molecule has 0 fully saturated rings. The van der Waals surface area contributed by atoms with Crippen LogP contribution in [0.2, 0.25) is 0 Å². The number of H-pyrrole nitrogens is 1. The SMILES string of the molecule is CNCCN(C)c1noc(=O)[nH]1. The molecule has 0 bridgehead atoms. The summed E-state index contributed by atoms with van der Waals surface area (Å²) in [7, 11) is 3.69. The Morgan fingerprint density at radius 2 is 2.50 bits per heavy atom. The molecular formula is C6H12N4O2. The van der Waals surface area contributed by atoms with Gasteiger partial charge in [0.1, 0.15) is 0 Å². The van der Waals surface area contributed by atoms with Gasteiger partial charge in [-0.3, -0.25) is 9.51 Å². The van der Waals surface area contributed by atoms with Crippen molar-refractivity contribution in [3.63, 3.8) is 0 Å². The summed E-state index contributed by atoms with van der Waals surface area (Å²) in [5, 5.41) is 6.51. The summed E-state index contributed by atoms with van der Waals surface area (Å²) in [5.41, 5.74) is 0. The van der Waals surface area contributed by atoms with Gasteiger partial charge >= 0.3 is 5.76 Å². The minimum absolute atomic E-state index is 0.454. The summed E-state index contributed by atoms with van der Waals surface area (Å²) in [6.45, 7) is 1.59. The molecule has 0 amide bonds. The van der Waals surface area contributed by atoms with Crippen LogP contribution in [-0.2, 0) is 0 Å².